The lowest BCUT2D eigenvalue weighted by Gasteiger charge is -2.19. The third-order valence-electron chi connectivity index (χ3n) is 3.19. The monoisotopic (exact) mass is 276 g/mol. The minimum Gasteiger partial charge on any atom is -0.425 e. The summed E-state index contributed by atoms with van der Waals surface area (Å²) in [5, 5.41) is 0. The van der Waals surface area contributed by atoms with Crippen molar-refractivity contribution in [3.8, 4) is 0 Å². The predicted octanol–water partition coefficient (Wildman–Crippen LogP) is 1.88. The lowest BCUT2D eigenvalue weighted by molar-refractivity contribution is -0.187. The number of hydrogen-bond donors (Lipinski definition) is 0. The van der Waals surface area contributed by atoms with Crippen LogP contribution >= 0.6 is 0 Å². The SMILES string of the molecule is CC(=O)OC(CC1Cc2ccccc2C1=O)OC(C)=O. The Labute approximate surface area is 116 Å². The van der Waals surface area contributed by atoms with Gasteiger partial charge in [0.15, 0.2) is 5.78 Å². The fourth-order valence-electron chi connectivity index (χ4n) is 2.43. The molecule has 0 spiro atoms. The molecule has 1 atom stereocenters. The average Bonchev–Trinajstić information content (AvgIpc) is 2.65. The molecule has 106 valence electrons. The van der Waals surface area contributed by atoms with Crippen molar-refractivity contribution in [1.82, 2.24) is 0 Å². The van der Waals surface area contributed by atoms with Crippen LogP contribution in [0, 0.1) is 5.92 Å². The summed E-state index contributed by atoms with van der Waals surface area (Å²) >= 11 is 0. The van der Waals surface area contributed by atoms with Crippen LogP contribution in [0.2, 0.25) is 0 Å². The van der Waals surface area contributed by atoms with E-state index in [4.69, 9.17) is 9.47 Å². The van der Waals surface area contributed by atoms with Crippen LogP contribution < -0.4 is 0 Å². The van der Waals surface area contributed by atoms with Crippen LogP contribution in [0.4, 0.5) is 0 Å². The highest BCUT2D eigenvalue weighted by Crippen LogP contribution is 2.30. The minimum absolute atomic E-state index is 0.00454. The number of benzene rings is 1. The maximum absolute atomic E-state index is 12.2. The van der Waals surface area contributed by atoms with Crippen LogP contribution in [-0.2, 0) is 25.5 Å². The van der Waals surface area contributed by atoms with Crippen molar-refractivity contribution >= 4 is 17.7 Å². The second-order valence-electron chi connectivity index (χ2n) is 4.81. The fraction of sp³-hybridized carbons (Fsp3) is 0.400. The zero-order valence-corrected chi connectivity index (χ0v) is 11.4. The Kier molecular flexibility index (Phi) is 4.17. The highest BCUT2D eigenvalue weighted by molar-refractivity contribution is 6.02. The normalized spacial score (nSPS) is 16.9. The molecule has 2 rings (SSSR count). The first-order valence-electron chi connectivity index (χ1n) is 6.44. The van der Waals surface area contributed by atoms with Gasteiger partial charge in [0.2, 0.25) is 6.29 Å². The lowest BCUT2D eigenvalue weighted by atomic mass is 10.0. The van der Waals surface area contributed by atoms with E-state index in [1.165, 1.54) is 13.8 Å². The molecule has 1 unspecified atom stereocenters. The molecule has 1 aliphatic rings. The molecule has 0 heterocycles. The summed E-state index contributed by atoms with van der Waals surface area (Å²) in [5.74, 6) is -1.40. The van der Waals surface area contributed by atoms with Gasteiger partial charge >= 0.3 is 11.9 Å². The Morgan fingerprint density at radius 1 is 1.20 bits per heavy atom. The quantitative estimate of drug-likeness (QED) is 0.620. The van der Waals surface area contributed by atoms with E-state index >= 15 is 0 Å². The Balaban J connectivity index is 2.07. The molecule has 0 aromatic heterocycles. The molecule has 0 saturated carbocycles. The third-order valence-corrected chi connectivity index (χ3v) is 3.19. The summed E-state index contributed by atoms with van der Waals surface area (Å²) in [5.41, 5.74) is 1.67. The largest absolute Gasteiger partial charge is 0.425 e. The van der Waals surface area contributed by atoms with E-state index in [0.29, 0.717) is 12.0 Å². The number of hydrogen-bond acceptors (Lipinski definition) is 5. The molecule has 0 N–H and O–H groups in total. The molecule has 1 aliphatic carbocycles. The first kappa shape index (κ1) is 14.2. The van der Waals surface area contributed by atoms with Crippen LogP contribution in [0.25, 0.3) is 0 Å². The molecule has 0 radical (unpaired) electrons. The van der Waals surface area contributed by atoms with Crippen LogP contribution in [0.5, 0.6) is 0 Å². The summed E-state index contributed by atoms with van der Waals surface area (Å²) in [7, 11) is 0. The van der Waals surface area contributed by atoms with Gasteiger partial charge in [0.25, 0.3) is 0 Å². The van der Waals surface area contributed by atoms with Crippen molar-refractivity contribution in [2.75, 3.05) is 0 Å². The highest BCUT2D eigenvalue weighted by atomic mass is 16.7. The molecule has 20 heavy (non-hydrogen) atoms. The second kappa shape index (κ2) is 5.86. The number of carbonyl (C=O) groups is 3. The first-order valence-corrected chi connectivity index (χ1v) is 6.44. The van der Waals surface area contributed by atoms with E-state index in [-0.39, 0.29) is 18.1 Å². The van der Waals surface area contributed by atoms with Gasteiger partial charge in [0.05, 0.1) is 0 Å². The van der Waals surface area contributed by atoms with Crippen molar-refractivity contribution in [2.24, 2.45) is 5.92 Å². The van der Waals surface area contributed by atoms with E-state index in [1.54, 1.807) is 6.07 Å². The number of ketones is 1. The molecular formula is C15H16O5. The van der Waals surface area contributed by atoms with Crippen LogP contribution in [-0.4, -0.2) is 24.0 Å². The first-order chi connectivity index (χ1) is 9.47. The fourth-order valence-corrected chi connectivity index (χ4v) is 2.43. The number of rotatable bonds is 4. The summed E-state index contributed by atoms with van der Waals surface area (Å²) in [4.78, 5) is 34.2. The number of carbonyl (C=O) groups excluding carboxylic acids is 3. The Bertz CT molecular complexity index is 533. The van der Waals surface area contributed by atoms with Gasteiger partial charge in [-0.1, -0.05) is 24.3 Å². The zero-order valence-electron chi connectivity index (χ0n) is 11.4. The lowest BCUT2D eigenvalue weighted by Crippen LogP contribution is -2.27. The van der Waals surface area contributed by atoms with Crippen molar-refractivity contribution < 1.29 is 23.9 Å². The Hall–Kier alpha value is -2.17. The molecule has 0 bridgehead atoms. The van der Waals surface area contributed by atoms with Gasteiger partial charge in [0.1, 0.15) is 0 Å². The summed E-state index contributed by atoms with van der Waals surface area (Å²) in [6.07, 6.45) is -0.242. The molecule has 0 fully saturated rings. The smallest absolute Gasteiger partial charge is 0.305 e. The maximum atomic E-state index is 12.2. The molecule has 1 aromatic rings. The highest BCUT2D eigenvalue weighted by Gasteiger charge is 2.33. The number of ether oxygens (including phenoxy) is 2. The van der Waals surface area contributed by atoms with Gasteiger partial charge < -0.3 is 9.47 Å². The number of Topliss-reactive ketones (excluding diaryl/α,β-unsaturated/α-hetero) is 1. The van der Waals surface area contributed by atoms with Gasteiger partial charge in [0, 0.05) is 31.7 Å². The van der Waals surface area contributed by atoms with Crippen LogP contribution in [0.3, 0.4) is 0 Å². The average molecular weight is 276 g/mol. The number of esters is 2. The maximum Gasteiger partial charge on any atom is 0.305 e. The van der Waals surface area contributed by atoms with Gasteiger partial charge in [-0.3, -0.25) is 14.4 Å². The summed E-state index contributed by atoms with van der Waals surface area (Å²) in [6, 6.07) is 7.38. The van der Waals surface area contributed by atoms with Crippen molar-refractivity contribution in [2.45, 2.75) is 33.0 Å². The summed E-state index contributed by atoms with van der Waals surface area (Å²) < 4.78 is 9.87. The molecule has 5 heteroatoms. The molecular weight excluding hydrogens is 260 g/mol. The van der Waals surface area contributed by atoms with Gasteiger partial charge in [-0.2, -0.15) is 0 Å². The molecule has 0 amide bonds. The standard InChI is InChI=1S/C15H16O5/c1-9(16)19-14(20-10(2)17)8-12-7-11-5-3-4-6-13(11)15(12)18/h3-6,12,14H,7-8H2,1-2H3. The van der Waals surface area contributed by atoms with Crippen molar-refractivity contribution in [3.05, 3.63) is 35.4 Å². The molecule has 1 aromatic carbocycles. The van der Waals surface area contributed by atoms with E-state index in [1.807, 2.05) is 18.2 Å². The molecule has 0 saturated heterocycles. The van der Waals surface area contributed by atoms with Crippen molar-refractivity contribution in [3.63, 3.8) is 0 Å². The van der Waals surface area contributed by atoms with E-state index < -0.39 is 18.2 Å². The van der Waals surface area contributed by atoms with Crippen LogP contribution in [0.15, 0.2) is 24.3 Å². The van der Waals surface area contributed by atoms with Gasteiger partial charge in [-0.05, 0) is 12.0 Å². The second-order valence-corrected chi connectivity index (χ2v) is 4.81. The molecule has 0 aliphatic heterocycles. The number of fused-ring (bicyclic) bond motifs is 1. The Morgan fingerprint density at radius 3 is 2.35 bits per heavy atom. The third kappa shape index (κ3) is 3.23. The van der Waals surface area contributed by atoms with Gasteiger partial charge in [-0.15, -0.1) is 0 Å². The Morgan fingerprint density at radius 2 is 1.80 bits per heavy atom. The van der Waals surface area contributed by atoms with Crippen LogP contribution in [0.1, 0.15) is 36.2 Å². The minimum atomic E-state index is -1.01. The topological polar surface area (TPSA) is 69.7 Å². The van der Waals surface area contributed by atoms with E-state index in [2.05, 4.69) is 0 Å². The molecule has 5 nitrogen and oxygen atoms in total. The van der Waals surface area contributed by atoms with Gasteiger partial charge in [-0.25, -0.2) is 0 Å². The zero-order chi connectivity index (χ0) is 14.7. The van der Waals surface area contributed by atoms with Crippen molar-refractivity contribution in [1.29, 1.82) is 0 Å². The predicted molar refractivity (Wildman–Crippen MR) is 69.9 cm³/mol. The summed E-state index contributed by atoms with van der Waals surface area (Å²) in [6.45, 7) is 2.48. The van der Waals surface area contributed by atoms with E-state index in [9.17, 15) is 14.4 Å². The van der Waals surface area contributed by atoms with E-state index in [0.717, 1.165) is 5.56 Å².